The summed E-state index contributed by atoms with van der Waals surface area (Å²) in [6.45, 7) is 5.78. The van der Waals surface area contributed by atoms with Gasteiger partial charge in [-0.25, -0.2) is 8.42 Å². The van der Waals surface area contributed by atoms with Gasteiger partial charge in [-0.15, -0.1) is 0 Å². The first-order valence-electron chi connectivity index (χ1n) is 8.32. The van der Waals surface area contributed by atoms with E-state index in [9.17, 15) is 13.2 Å². The molecule has 0 fully saturated rings. The van der Waals surface area contributed by atoms with Gasteiger partial charge < -0.3 is 10.1 Å². The van der Waals surface area contributed by atoms with E-state index < -0.39 is 22.0 Å². The molecule has 0 aliphatic heterocycles. The van der Waals surface area contributed by atoms with Crippen LogP contribution in [0, 0.1) is 6.92 Å². The highest BCUT2D eigenvalue weighted by molar-refractivity contribution is 7.92. The molecule has 6 nitrogen and oxygen atoms in total. The van der Waals surface area contributed by atoms with Crippen LogP contribution in [0.25, 0.3) is 0 Å². The number of hydrogen-bond acceptors (Lipinski definition) is 4. The highest BCUT2D eigenvalue weighted by atomic mass is 32.2. The van der Waals surface area contributed by atoms with Crippen molar-refractivity contribution in [3.63, 3.8) is 0 Å². The highest BCUT2D eigenvalue weighted by Crippen LogP contribution is 2.26. The summed E-state index contributed by atoms with van der Waals surface area (Å²) in [5, 5.41) is 2.76. The first-order chi connectivity index (χ1) is 12.2. The van der Waals surface area contributed by atoms with Crippen LogP contribution in [-0.2, 0) is 14.8 Å². The molecule has 0 radical (unpaired) electrons. The Balaban J connectivity index is 2.30. The maximum absolute atomic E-state index is 12.7. The molecule has 1 atom stereocenters. The minimum Gasteiger partial charge on any atom is -0.492 e. The summed E-state index contributed by atoms with van der Waals surface area (Å²) in [5.74, 6) is 0.0972. The SMILES string of the molecule is CCOc1ccccc1NC(=O)C(C)N(c1ccc(C)cc1)S(C)(=O)=O. The van der Waals surface area contributed by atoms with E-state index in [1.807, 2.05) is 26.0 Å². The predicted molar refractivity (Wildman–Crippen MR) is 104 cm³/mol. The second kappa shape index (κ2) is 8.23. The van der Waals surface area contributed by atoms with Gasteiger partial charge in [-0.2, -0.15) is 0 Å². The van der Waals surface area contributed by atoms with Crippen LogP contribution in [0.1, 0.15) is 19.4 Å². The van der Waals surface area contributed by atoms with Crippen LogP contribution in [0.2, 0.25) is 0 Å². The number of para-hydroxylation sites is 2. The fourth-order valence-corrected chi connectivity index (χ4v) is 3.76. The lowest BCUT2D eigenvalue weighted by Gasteiger charge is -2.28. The van der Waals surface area contributed by atoms with Crippen molar-refractivity contribution in [2.24, 2.45) is 0 Å². The minimum atomic E-state index is -3.65. The van der Waals surface area contributed by atoms with E-state index >= 15 is 0 Å². The Morgan fingerprint density at radius 3 is 2.35 bits per heavy atom. The molecule has 26 heavy (non-hydrogen) atoms. The Labute approximate surface area is 154 Å². The molecule has 0 saturated carbocycles. The molecular weight excluding hydrogens is 352 g/mol. The molecule has 140 valence electrons. The molecule has 2 aromatic rings. The lowest BCUT2D eigenvalue weighted by molar-refractivity contribution is -0.116. The Kier molecular flexibility index (Phi) is 6.26. The standard InChI is InChI=1S/C19H24N2O4S/c1-5-25-18-9-7-6-8-17(18)20-19(22)15(3)21(26(4,23)24)16-12-10-14(2)11-13-16/h6-13,15H,5H2,1-4H3,(H,20,22). The number of sulfonamides is 1. The molecule has 1 N–H and O–H groups in total. The Bertz CT molecular complexity index is 863. The third kappa shape index (κ3) is 4.76. The number of hydrogen-bond donors (Lipinski definition) is 1. The average Bonchev–Trinajstić information content (AvgIpc) is 2.57. The largest absolute Gasteiger partial charge is 0.492 e. The van der Waals surface area contributed by atoms with Gasteiger partial charge in [0.05, 0.1) is 24.2 Å². The molecule has 0 bridgehead atoms. The summed E-state index contributed by atoms with van der Waals surface area (Å²) < 4.78 is 31.2. The lowest BCUT2D eigenvalue weighted by atomic mass is 10.2. The second-order valence-corrected chi connectivity index (χ2v) is 7.85. The number of ether oxygens (including phenoxy) is 1. The fraction of sp³-hybridized carbons (Fsp3) is 0.316. The zero-order valence-corrected chi connectivity index (χ0v) is 16.2. The normalized spacial score (nSPS) is 12.3. The molecule has 0 aliphatic carbocycles. The van der Waals surface area contributed by atoms with Gasteiger partial charge in [-0.05, 0) is 45.0 Å². The third-order valence-electron chi connectivity index (χ3n) is 3.82. The Morgan fingerprint density at radius 1 is 1.15 bits per heavy atom. The second-order valence-electron chi connectivity index (χ2n) is 5.99. The van der Waals surface area contributed by atoms with Gasteiger partial charge >= 0.3 is 0 Å². The molecule has 7 heteroatoms. The number of amides is 1. The maximum atomic E-state index is 12.7. The topological polar surface area (TPSA) is 75.7 Å². The predicted octanol–water partition coefficient (Wildman–Crippen LogP) is 3.19. The molecule has 2 aromatic carbocycles. The number of carbonyl (C=O) groups is 1. The van der Waals surface area contributed by atoms with Gasteiger partial charge in [0.1, 0.15) is 11.8 Å². The fourth-order valence-electron chi connectivity index (χ4n) is 2.59. The number of nitrogens with zero attached hydrogens (tertiary/aromatic N) is 1. The molecule has 0 heterocycles. The van der Waals surface area contributed by atoms with Crippen molar-refractivity contribution in [2.45, 2.75) is 26.8 Å². The number of rotatable bonds is 7. The van der Waals surface area contributed by atoms with Crippen molar-refractivity contribution in [1.29, 1.82) is 0 Å². The van der Waals surface area contributed by atoms with Crippen LogP contribution in [0.4, 0.5) is 11.4 Å². The summed E-state index contributed by atoms with van der Waals surface area (Å²) in [5.41, 5.74) is 1.95. The van der Waals surface area contributed by atoms with Crippen LogP contribution in [-0.4, -0.2) is 33.2 Å². The first-order valence-corrected chi connectivity index (χ1v) is 10.2. The van der Waals surface area contributed by atoms with Gasteiger partial charge in [0.15, 0.2) is 0 Å². The molecular formula is C19H24N2O4S. The van der Waals surface area contributed by atoms with Crippen molar-refractivity contribution >= 4 is 27.3 Å². The molecule has 1 amide bonds. The Hall–Kier alpha value is -2.54. The zero-order chi connectivity index (χ0) is 19.3. The molecule has 1 unspecified atom stereocenters. The monoisotopic (exact) mass is 376 g/mol. The Morgan fingerprint density at radius 2 is 1.77 bits per heavy atom. The van der Waals surface area contributed by atoms with Crippen molar-refractivity contribution in [2.75, 3.05) is 22.5 Å². The van der Waals surface area contributed by atoms with E-state index in [-0.39, 0.29) is 0 Å². The van der Waals surface area contributed by atoms with Crippen LogP contribution in [0.3, 0.4) is 0 Å². The van der Waals surface area contributed by atoms with E-state index in [2.05, 4.69) is 5.32 Å². The zero-order valence-electron chi connectivity index (χ0n) is 15.4. The van der Waals surface area contributed by atoms with E-state index in [4.69, 9.17) is 4.74 Å². The number of carbonyl (C=O) groups excluding carboxylic acids is 1. The van der Waals surface area contributed by atoms with Crippen molar-refractivity contribution in [3.8, 4) is 5.75 Å². The summed E-state index contributed by atoms with van der Waals surface area (Å²) in [4.78, 5) is 12.7. The van der Waals surface area contributed by atoms with Crippen LogP contribution in [0.5, 0.6) is 5.75 Å². The van der Waals surface area contributed by atoms with E-state index in [1.54, 1.807) is 43.3 Å². The first kappa shape index (κ1) is 19.8. The van der Waals surface area contributed by atoms with Gasteiger partial charge in [0.25, 0.3) is 0 Å². The van der Waals surface area contributed by atoms with E-state index in [1.165, 1.54) is 0 Å². The van der Waals surface area contributed by atoms with Gasteiger partial charge in [0.2, 0.25) is 15.9 Å². The highest BCUT2D eigenvalue weighted by Gasteiger charge is 2.29. The van der Waals surface area contributed by atoms with Gasteiger partial charge in [-0.3, -0.25) is 9.10 Å². The third-order valence-corrected chi connectivity index (χ3v) is 5.06. The summed E-state index contributed by atoms with van der Waals surface area (Å²) >= 11 is 0. The molecule has 0 aliphatic rings. The van der Waals surface area contributed by atoms with Gasteiger partial charge in [-0.1, -0.05) is 29.8 Å². The molecule has 2 rings (SSSR count). The lowest BCUT2D eigenvalue weighted by Crippen LogP contribution is -2.45. The smallest absolute Gasteiger partial charge is 0.248 e. The molecule has 0 saturated heterocycles. The van der Waals surface area contributed by atoms with Crippen LogP contribution < -0.4 is 14.4 Å². The average molecular weight is 376 g/mol. The quantitative estimate of drug-likeness (QED) is 0.805. The number of aryl methyl sites for hydroxylation is 1. The number of benzene rings is 2. The van der Waals surface area contributed by atoms with E-state index in [0.29, 0.717) is 23.7 Å². The van der Waals surface area contributed by atoms with Crippen LogP contribution >= 0.6 is 0 Å². The van der Waals surface area contributed by atoms with Crippen molar-refractivity contribution < 1.29 is 17.9 Å². The summed E-state index contributed by atoms with van der Waals surface area (Å²) in [7, 11) is -3.65. The number of anilines is 2. The summed E-state index contributed by atoms with van der Waals surface area (Å²) in [6.07, 6.45) is 1.09. The van der Waals surface area contributed by atoms with Crippen LogP contribution in [0.15, 0.2) is 48.5 Å². The maximum Gasteiger partial charge on any atom is 0.248 e. The minimum absolute atomic E-state index is 0.442. The van der Waals surface area contributed by atoms with Crippen molar-refractivity contribution in [3.05, 3.63) is 54.1 Å². The van der Waals surface area contributed by atoms with E-state index in [0.717, 1.165) is 16.1 Å². The molecule has 0 spiro atoms. The number of nitrogens with one attached hydrogen (secondary N) is 1. The van der Waals surface area contributed by atoms with Gasteiger partial charge in [0, 0.05) is 0 Å². The summed E-state index contributed by atoms with van der Waals surface area (Å²) in [6, 6.07) is 13.1. The van der Waals surface area contributed by atoms with Crippen molar-refractivity contribution in [1.82, 2.24) is 0 Å². The molecule has 0 aromatic heterocycles.